The van der Waals surface area contributed by atoms with Gasteiger partial charge >= 0.3 is 5.97 Å². The molecule has 0 spiro atoms. The van der Waals surface area contributed by atoms with Crippen LogP contribution in [0.4, 0.5) is 0 Å². The minimum Gasteiger partial charge on any atom is -0.457 e. The summed E-state index contributed by atoms with van der Waals surface area (Å²) in [7, 11) is 1.76. The van der Waals surface area contributed by atoms with Gasteiger partial charge in [-0.05, 0) is 6.92 Å². The molecule has 1 rings (SSSR count). The van der Waals surface area contributed by atoms with Crippen molar-refractivity contribution in [3.63, 3.8) is 0 Å². The molecule has 122 valence electrons. The predicted molar refractivity (Wildman–Crippen MR) is 80.7 cm³/mol. The number of carbonyl (C=O) groups is 2. The predicted octanol–water partition coefficient (Wildman–Crippen LogP) is -1.82. The van der Waals surface area contributed by atoms with Crippen molar-refractivity contribution < 1.29 is 28.9 Å². The van der Waals surface area contributed by atoms with Crippen molar-refractivity contribution in [1.29, 1.82) is 1.43 Å². The Morgan fingerprint density at radius 2 is 2.27 bits per heavy atom. The molecule has 1 amide bonds. The fourth-order valence-electron chi connectivity index (χ4n) is 2.27. The minimum atomic E-state index is -0.731. The second-order valence-corrected chi connectivity index (χ2v) is 4.93. The number of aliphatic hydroxyl groups excluding tert-OH is 1. The number of esters is 1. The maximum Gasteiger partial charge on any atom is 0.306 e. The van der Waals surface area contributed by atoms with Gasteiger partial charge in [0.1, 0.15) is 26.7 Å². The monoisotopic (exact) mass is 312 g/mol. The molecule has 0 aromatic carbocycles. The number of hydrogen-bond donors (Lipinski definition) is 2. The molecule has 1 unspecified atom stereocenters. The van der Waals surface area contributed by atoms with Gasteiger partial charge < -0.3 is 24.6 Å². The Balaban J connectivity index is 2.60. The second-order valence-electron chi connectivity index (χ2n) is 4.93. The quantitative estimate of drug-likeness (QED) is 0.296. The molecular formula is C14H22BNO6. The molecular weight excluding hydrogens is 289 g/mol. The molecule has 1 saturated heterocycles. The highest BCUT2D eigenvalue weighted by Gasteiger charge is 2.45. The van der Waals surface area contributed by atoms with Gasteiger partial charge in [0.25, 0.3) is 0 Å². The summed E-state index contributed by atoms with van der Waals surface area (Å²) in [5, 5.41) is 6.95. The summed E-state index contributed by atoms with van der Waals surface area (Å²) in [6.45, 7) is 2.30. The molecule has 4 atom stereocenters. The van der Waals surface area contributed by atoms with Crippen molar-refractivity contribution in [3.8, 4) is 12.3 Å². The lowest BCUT2D eigenvalue weighted by Gasteiger charge is -2.22. The Labute approximate surface area is 132 Å². The van der Waals surface area contributed by atoms with Crippen molar-refractivity contribution in [2.45, 2.75) is 44.1 Å². The average molecular weight is 312 g/mol. The van der Waals surface area contributed by atoms with Crippen LogP contribution >= 0.6 is 0 Å². The van der Waals surface area contributed by atoms with Gasteiger partial charge in [-0.15, -0.1) is 6.42 Å². The number of terminal acetylenes is 1. The van der Waals surface area contributed by atoms with Crippen LogP contribution in [0, 0.1) is 12.3 Å². The van der Waals surface area contributed by atoms with Crippen molar-refractivity contribution >= 4 is 19.7 Å². The molecule has 0 aliphatic carbocycles. The van der Waals surface area contributed by atoms with Crippen LogP contribution in [0.15, 0.2) is 0 Å². The van der Waals surface area contributed by atoms with Gasteiger partial charge in [0.05, 0.1) is 19.0 Å². The number of carbonyl (C=O) groups excluding carboxylic acids is 2. The van der Waals surface area contributed by atoms with E-state index in [0.717, 1.165) is 0 Å². The fraction of sp³-hybridized carbons (Fsp3) is 0.714. The number of hydrogen-bond acceptors (Lipinski definition) is 6. The highest BCUT2D eigenvalue weighted by molar-refractivity contribution is 6.11. The molecule has 22 heavy (non-hydrogen) atoms. The van der Waals surface area contributed by atoms with Gasteiger partial charge in [-0.1, -0.05) is 5.92 Å². The summed E-state index contributed by atoms with van der Waals surface area (Å²) in [6, 6.07) is -0.357. The zero-order chi connectivity index (χ0) is 17.2. The molecule has 8 heteroatoms. The summed E-state index contributed by atoms with van der Waals surface area (Å²) in [4.78, 5) is 23.3. The summed E-state index contributed by atoms with van der Waals surface area (Å²) < 4.78 is 23.3. The number of aliphatic hydroxyl groups is 1. The first-order chi connectivity index (χ1) is 11.0. The van der Waals surface area contributed by atoms with E-state index in [2.05, 4.69) is 16.3 Å². The Morgan fingerprint density at radius 3 is 2.91 bits per heavy atom. The normalized spacial score (nSPS) is 27.7. The van der Waals surface area contributed by atoms with Gasteiger partial charge in [0.2, 0.25) is 7.34 Å². The lowest BCUT2D eigenvalue weighted by atomic mass is 9.92. The van der Waals surface area contributed by atoms with Crippen molar-refractivity contribution in [2.75, 3.05) is 19.8 Å². The third-order valence-corrected chi connectivity index (χ3v) is 3.26. The maximum absolute atomic E-state index is 11.9. The van der Waals surface area contributed by atoms with E-state index >= 15 is 0 Å². The van der Waals surface area contributed by atoms with Gasteiger partial charge in [0.15, 0.2) is 6.10 Å². The van der Waals surface area contributed by atoms with Crippen molar-refractivity contribution in [1.82, 2.24) is 5.32 Å². The summed E-state index contributed by atoms with van der Waals surface area (Å²) >= 11 is 0. The zero-order valence-corrected chi connectivity index (χ0v) is 12.9. The molecule has 1 fully saturated rings. The highest BCUT2D eigenvalue weighted by atomic mass is 16.6. The molecule has 0 radical (unpaired) electrons. The zero-order valence-electron chi connectivity index (χ0n) is 13.9. The van der Waals surface area contributed by atoms with Crippen LogP contribution in [0.2, 0.25) is 0 Å². The second kappa shape index (κ2) is 9.46. The van der Waals surface area contributed by atoms with E-state index < -0.39 is 24.3 Å². The van der Waals surface area contributed by atoms with Crippen LogP contribution in [0.5, 0.6) is 0 Å². The van der Waals surface area contributed by atoms with E-state index in [1.807, 2.05) is 0 Å². The van der Waals surface area contributed by atoms with Gasteiger partial charge in [0, 0.05) is 13.0 Å². The molecule has 0 bridgehead atoms. The largest absolute Gasteiger partial charge is 0.457 e. The van der Waals surface area contributed by atoms with E-state index in [1.165, 1.54) is 0 Å². The average Bonchev–Trinajstić information content (AvgIpc) is 2.79. The van der Waals surface area contributed by atoms with Crippen molar-refractivity contribution in [3.05, 3.63) is 0 Å². The Bertz CT molecular complexity index is 443. The van der Waals surface area contributed by atoms with Crippen LogP contribution in [-0.2, 0) is 23.8 Å². The highest BCUT2D eigenvalue weighted by Crippen LogP contribution is 2.25. The number of ether oxygens (including phenoxy) is 3. The third-order valence-electron chi connectivity index (χ3n) is 3.26. The molecule has 0 saturated carbocycles. The Hall–Kier alpha value is -1.56. The lowest BCUT2D eigenvalue weighted by molar-refractivity contribution is -0.158. The lowest BCUT2D eigenvalue weighted by Crippen LogP contribution is -2.40. The molecule has 0 aromatic heterocycles. The first-order valence-electron chi connectivity index (χ1n) is 7.69. The molecule has 1 aliphatic rings. The number of rotatable bonds is 9. The topological polar surface area (TPSA) is 94.1 Å². The van der Waals surface area contributed by atoms with Crippen molar-refractivity contribution in [2.24, 2.45) is 0 Å². The molecule has 1 aliphatic heterocycles. The first kappa shape index (κ1) is 16.8. The van der Waals surface area contributed by atoms with Gasteiger partial charge in [-0.3, -0.25) is 9.59 Å². The standard InChI is InChI=1S/C14H22BNO6/c1-3-7-20-13-12(9(8-17)21-14(13)15)22-11(19)6-5-10(18)16-4-2/h1,9,12-14,17H,4-8,15H2,2H3,(H,16,18)/t9-,12?,13+,14-/m1/s1/i17D. The Kier molecular flexibility index (Phi) is 7.23. The smallest absolute Gasteiger partial charge is 0.306 e. The van der Waals surface area contributed by atoms with Crippen LogP contribution < -0.4 is 5.32 Å². The van der Waals surface area contributed by atoms with Crippen LogP contribution in [0.25, 0.3) is 0 Å². The molecule has 2 N–H and O–H groups in total. The summed E-state index contributed by atoms with van der Waals surface area (Å²) in [5.41, 5.74) is 0. The van der Waals surface area contributed by atoms with Crippen LogP contribution in [0.3, 0.4) is 0 Å². The van der Waals surface area contributed by atoms with Gasteiger partial charge in [-0.25, -0.2) is 0 Å². The van der Waals surface area contributed by atoms with Crippen LogP contribution in [-0.4, -0.2) is 70.3 Å². The fourth-order valence-corrected chi connectivity index (χ4v) is 2.27. The maximum atomic E-state index is 11.9. The Morgan fingerprint density at radius 1 is 1.50 bits per heavy atom. The summed E-state index contributed by atoms with van der Waals surface area (Å²) in [5.74, 6) is 1.60. The SMILES string of the molecule is [2H]OC[C@H]1O[C@@H](B)[C@@H](OCC#C)C1OC(=O)CCC(=O)NCC. The van der Waals surface area contributed by atoms with E-state index in [0.29, 0.717) is 6.54 Å². The number of nitrogens with one attached hydrogen (secondary N) is 1. The molecule has 0 aromatic rings. The number of amides is 1. The van der Waals surface area contributed by atoms with Crippen LogP contribution in [0.1, 0.15) is 19.8 Å². The third kappa shape index (κ3) is 5.33. The minimum absolute atomic E-state index is 0.0469. The summed E-state index contributed by atoms with van der Waals surface area (Å²) in [6.07, 6.45) is 3.29. The molecule has 7 nitrogen and oxygen atoms in total. The van der Waals surface area contributed by atoms with E-state index in [9.17, 15) is 9.59 Å². The van der Waals surface area contributed by atoms with Gasteiger partial charge in [-0.2, -0.15) is 0 Å². The van der Waals surface area contributed by atoms with E-state index in [4.69, 9.17) is 22.1 Å². The first-order valence-corrected chi connectivity index (χ1v) is 7.28. The van der Waals surface area contributed by atoms with E-state index in [1.54, 1.807) is 14.8 Å². The molecule has 1 heterocycles. The van der Waals surface area contributed by atoms with E-state index in [-0.39, 0.29) is 38.0 Å².